The smallest absolute Gasteiger partial charge is 0.244 e. The van der Waals surface area contributed by atoms with E-state index in [-0.39, 0.29) is 18.5 Å². The molecule has 2 rings (SSSR count). The van der Waals surface area contributed by atoms with Crippen LogP contribution in [0.3, 0.4) is 0 Å². The Bertz CT molecular complexity index is 609. The lowest BCUT2D eigenvalue weighted by Gasteiger charge is -2.08. The van der Waals surface area contributed by atoms with Gasteiger partial charge in [0, 0.05) is 28.6 Å². The van der Waals surface area contributed by atoms with Crippen LogP contribution in [0.15, 0.2) is 47.2 Å². The van der Waals surface area contributed by atoms with Gasteiger partial charge in [0.05, 0.1) is 0 Å². The number of hydrogen-bond acceptors (Lipinski definition) is 2. The van der Waals surface area contributed by atoms with Gasteiger partial charge in [-0.05, 0) is 36.2 Å². The fourth-order valence-electron chi connectivity index (χ4n) is 2.19. The van der Waals surface area contributed by atoms with E-state index in [0.717, 1.165) is 28.6 Å². The van der Waals surface area contributed by atoms with Crippen LogP contribution in [0.2, 0.25) is 0 Å². The molecule has 0 aliphatic heterocycles. The first-order valence-electron chi connectivity index (χ1n) is 7.05. The van der Waals surface area contributed by atoms with Crippen molar-refractivity contribution in [3.05, 3.63) is 52.8 Å². The number of hydrogen-bond donors (Lipinski definition) is 2. The van der Waals surface area contributed by atoms with Crippen LogP contribution in [0.1, 0.15) is 31.4 Å². The van der Waals surface area contributed by atoms with E-state index in [4.69, 9.17) is 5.73 Å². The highest BCUT2D eigenvalue weighted by atomic mass is 79.9. The van der Waals surface area contributed by atoms with Crippen molar-refractivity contribution < 1.29 is 4.79 Å². The molecule has 1 atom stereocenters. The van der Waals surface area contributed by atoms with Gasteiger partial charge in [0.2, 0.25) is 5.91 Å². The molecule has 1 aromatic carbocycles. The molecular weight excluding hydrogens is 330 g/mol. The van der Waals surface area contributed by atoms with Gasteiger partial charge in [0.1, 0.15) is 6.54 Å². The van der Waals surface area contributed by atoms with Crippen LogP contribution in [0.5, 0.6) is 0 Å². The number of amides is 1. The summed E-state index contributed by atoms with van der Waals surface area (Å²) in [6.45, 7) is 2.40. The van der Waals surface area contributed by atoms with Crippen molar-refractivity contribution in [1.82, 2.24) is 4.57 Å². The topological polar surface area (TPSA) is 60.0 Å². The first-order valence-corrected chi connectivity index (χ1v) is 7.84. The maximum absolute atomic E-state index is 12.0. The predicted octanol–water partition coefficient (Wildman–Crippen LogP) is 3.69. The zero-order chi connectivity index (χ0) is 15.2. The van der Waals surface area contributed by atoms with Crippen molar-refractivity contribution >= 4 is 27.5 Å². The number of anilines is 1. The second kappa shape index (κ2) is 7.43. The fraction of sp³-hybridized carbons (Fsp3) is 0.312. The van der Waals surface area contributed by atoms with Crippen molar-refractivity contribution in [3.8, 4) is 0 Å². The quantitative estimate of drug-likeness (QED) is 0.835. The molecule has 1 amide bonds. The molecule has 1 unspecified atom stereocenters. The molecule has 0 fully saturated rings. The van der Waals surface area contributed by atoms with Crippen LogP contribution in [0.25, 0.3) is 0 Å². The number of aromatic nitrogens is 1. The highest BCUT2D eigenvalue weighted by Gasteiger charge is 2.08. The lowest BCUT2D eigenvalue weighted by Crippen LogP contribution is -2.18. The molecule has 4 nitrogen and oxygen atoms in total. The van der Waals surface area contributed by atoms with E-state index in [0.29, 0.717) is 0 Å². The molecule has 3 N–H and O–H groups in total. The van der Waals surface area contributed by atoms with Crippen LogP contribution in [0, 0.1) is 0 Å². The van der Waals surface area contributed by atoms with Gasteiger partial charge in [-0.1, -0.05) is 35.3 Å². The van der Waals surface area contributed by atoms with Crippen LogP contribution in [-0.4, -0.2) is 10.5 Å². The molecule has 0 aliphatic carbocycles. The largest absolute Gasteiger partial charge is 0.345 e. The Balaban J connectivity index is 1.94. The third-order valence-corrected chi connectivity index (χ3v) is 3.73. The number of carbonyl (C=O) groups is 1. The van der Waals surface area contributed by atoms with Gasteiger partial charge in [0.15, 0.2) is 0 Å². The van der Waals surface area contributed by atoms with E-state index in [9.17, 15) is 4.79 Å². The normalized spacial score (nSPS) is 12.1. The summed E-state index contributed by atoms with van der Waals surface area (Å²) >= 11 is 3.38. The molecule has 5 heteroatoms. The van der Waals surface area contributed by atoms with Crippen LogP contribution in [0.4, 0.5) is 5.69 Å². The van der Waals surface area contributed by atoms with Crippen LogP contribution in [-0.2, 0) is 11.3 Å². The standard InChI is InChI=1S/C16H20BrN3O/c1-2-4-15(18)12-7-8-20(10-12)11-16(21)19-14-6-3-5-13(17)9-14/h3,5-10,15H,2,4,11,18H2,1H3,(H,19,21). The van der Waals surface area contributed by atoms with Gasteiger partial charge in [-0.2, -0.15) is 0 Å². The minimum Gasteiger partial charge on any atom is -0.345 e. The Morgan fingerprint density at radius 2 is 2.24 bits per heavy atom. The minimum atomic E-state index is -0.0562. The summed E-state index contributed by atoms with van der Waals surface area (Å²) in [6.07, 6.45) is 5.84. The summed E-state index contributed by atoms with van der Waals surface area (Å²) < 4.78 is 2.80. The Morgan fingerprint density at radius 1 is 1.43 bits per heavy atom. The van der Waals surface area contributed by atoms with E-state index in [2.05, 4.69) is 28.2 Å². The summed E-state index contributed by atoms with van der Waals surface area (Å²) in [7, 11) is 0. The van der Waals surface area contributed by atoms with Crippen molar-refractivity contribution in [2.75, 3.05) is 5.32 Å². The molecule has 2 aromatic rings. The predicted molar refractivity (Wildman–Crippen MR) is 89.0 cm³/mol. The molecule has 112 valence electrons. The fourth-order valence-corrected chi connectivity index (χ4v) is 2.59. The van der Waals surface area contributed by atoms with E-state index in [1.807, 2.05) is 47.3 Å². The van der Waals surface area contributed by atoms with Gasteiger partial charge >= 0.3 is 0 Å². The summed E-state index contributed by atoms with van der Waals surface area (Å²) in [5.41, 5.74) is 7.93. The molecule has 21 heavy (non-hydrogen) atoms. The van der Waals surface area contributed by atoms with Crippen LogP contribution < -0.4 is 11.1 Å². The van der Waals surface area contributed by atoms with Gasteiger partial charge in [-0.25, -0.2) is 0 Å². The first-order chi connectivity index (χ1) is 10.1. The number of nitrogens with two attached hydrogens (primary N) is 1. The van der Waals surface area contributed by atoms with Crippen molar-refractivity contribution in [2.24, 2.45) is 5.73 Å². The van der Waals surface area contributed by atoms with E-state index in [1.54, 1.807) is 0 Å². The highest BCUT2D eigenvalue weighted by molar-refractivity contribution is 9.10. The van der Waals surface area contributed by atoms with Crippen molar-refractivity contribution in [3.63, 3.8) is 0 Å². The molecule has 0 spiro atoms. The SMILES string of the molecule is CCCC(N)c1ccn(CC(=O)Nc2cccc(Br)c2)c1. The zero-order valence-corrected chi connectivity index (χ0v) is 13.6. The second-order valence-corrected chi connectivity index (χ2v) is 5.99. The van der Waals surface area contributed by atoms with Crippen molar-refractivity contribution in [2.45, 2.75) is 32.4 Å². The van der Waals surface area contributed by atoms with Gasteiger partial charge in [-0.15, -0.1) is 0 Å². The zero-order valence-electron chi connectivity index (χ0n) is 12.1. The number of rotatable bonds is 6. The number of carbonyl (C=O) groups excluding carboxylic acids is 1. The molecular formula is C16H20BrN3O. The Labute approximate surface area is 133 Å². The number of halogens is 1. The Hall–Kier alpha value is -1.59. The Kier molecular flexibility index (Phi) is 5.59. The lowest BCUT2D eigenvalue weighted by atomic mass is 10.1. The van der Waals surface area contributed by atoms with Crippen molar-refractivity contribution in [1.29, 1.82) is 0 Å². The van der Waals surface area contributed by atoms with Gasteiger partial charge in [0.25, 0.3) is 0 Å². The monoisotopic (exact) mass is 349 g/mol. The molecule has 0 aliphatic rings. The average Bonchev–Trinajstić information content (AvgIpc) is 2.87. The van der Waals surface area contributed by atoms with Crippen LogP contribution >= 0.6 is 15.9 Å². The average molecular weight is 350 g/mol. The third-order valence-electron chi connectivity index (χ3n) is 3.24. The van der Waals surface area contributed by atoms with Gasteiger partial charge < -0.3 is 15.6 Å². The molecule has 0 saturated heterocycles. The molecule has 0 radical (unpaired) electrons. The summed E-state index contributed by atoms with van der Waals surface area (Å²) in [5, 5.41) is 2.87. The summed E-state index contributed by atoms with van der Waals surface area (Å²) in [5.74, 6) is -0.0562. The molecule has 1 heterocycles. The second-order valence-electron chi connectivity index (χ2n) is 5.07. The molecule has 0 bridgehead atoms. The maximum Gasteiger partial charge on any atom is 0.244 e. The third kappa shape index (κ3) is 4.72. The number of benzene rings is 1. The molecule has 1 aromatic heterocycles. The highest BCUT2D eigenvalue weighted by Crippen LogP contribution is 2.17. The number of nitrogens with one attached hydrogen (secondary N) is 1. The first kappa shape index (κ1) is 15.8. The lowest BCUT2D eigenvalue weighted by molar-refractivity contribution is -0.116. The number of nitrogens with zero attached hydrogens (tertiary/aromatic N) is 1. The van der Waals surface area contributed by atoms with E-state index < -0.39 is 0 Å². The van der Waals surface area contributed by atoms with Gasteiger partial charge in [-0.3, -0.25) is 4.79 Å². The maximum atomic E-state index is 12.0. The Morgan fingerprint density at radius 3 is 2.95 bits per heavy atom. The van der Waals surface area contributed by atoms with E-state index in [1.165, 1.54) is 0 Å². The molecule has 0 saturated carbocycles. The van der Waals surface area contributed by atoms with E-state index >= 15 is 0 Å². The minimum absolute atomic E-state index is 0.0457. The summed E-state index contributed by atoms with van der Waals surface area (Å²) in [4.78, 5) is 12.0. The summed E-state index contributed by atoms with van der Waals surface area (Å²) in [6, 6.07) is 9.56.